The summed E-state index contributed by atoms with van der Waals surface area (Å²) in [6.45, 7) is 5.22. The van der Waals surface area contributed by atoms with Crippen LogP contribution in [0.1, 0.15) is 44.6 Å². The summed E-state index contributed by atoms with van der Waals surface area (Å²) in [5.41, 5.74) is 0.743. The van der Waals surface area contributed by atoms with Crippen LogP contribution < -0.4 is 10.6 Å². The van der Waals surface area contributed by atoms with Gasteiger partial charge in [-0.1, -0.05) is 24.6 Å². The monoisotopic (exact) mass is 554 g/mol. The lowest BCUT2D eigenvalue weighted by atomic mass is 10.2. The van der Waals surface area contributed by atoms with Crippen LogP contribution in [0.4, 0.5) is 0 Å². The quantitative estimate of drug-likeness (QED) is 0.200. The molecule has 0 aliphatic carbocycles. The highest BCUT2D eigenvalue weighted by atomic mass is 127. The molecule has 1 aliphatic heterocycles. The van der Waals surface area contributed by atoms with E-state index >= 15 is 0 Å². The van der Waals surface area contributed by atoms with Gasteiger partial charge in [-0.25, -0.2) is 13.4 Å². The van der Waals surface area contributed by atoms with Crippen LogP contribution >= 0.6 is 35.7 Å². The molecule has 0 bridgehead atoms. The predicted octanol–water partition coefficient (Wildman–Crippen LogP) is 3.68. The van der Waals surface area contributed by atoms with Crippen molar-refractivity contribution in [2.75, 3.05) is 38.2 Å². The molecule has 1 aliphatic rings. The zero-order valence-electron chi connectivity index (χ0n) is 17.5. The fourth-order valence-electron chi connectivity index (χ4n) is 3.21. The maximum atomic E-state index is 13.1. The molecule has 0 amide bonds. The highest BCUT2D eigenvalue weighted by Gasteiger charge is 2.27. The number of rotatable bonds is 10. The highest BCUT2D eigenvalue weighted by molar-refractivity contribution is 14.0. The van der Waals surface area contributed by atoms with Crippen LogP contribution in [0.3, 0.4) is 0 Å². The van der Waals surface area contributed by atoms with E-state index in [9.17, 15) is 8.42 Å². The van der Waals surface area contributed by atoms with Crippen molar-refractivity contribution < 1.29 is 8.42 Å². The molecule has 0 aromatic heterocycles. The first-order valence-corrected chi connectivity index (χ1v) is 13.0. The number of guanidine groups is 1. The number of sulfonamides is 1. The van der Waals surface area contributed by atoms with Gasteiger partial charge in [0.2, 0.25) is 10.0 Å². The third kappa shape index (κ3) is 8.63. The van der Waals surface area contributed by atoms with E-state index in [0.29, 0.717) is 24.5 Å². The molecule has 1 heterocycles. The lowest BCUT2D eigenvalue weighted by Gasteiger charge is -2.26. The van der Waals surface area contributed by atoms with Crippen molar-refractivity contribution in [1.82, 2.24) is 14.9 Å². The average molecular weight is 555 g/mol. The van der Waals surface area contributed by atoms with E-state index in [0.717, 1.165) is 56.0 Å². The molecule has 29 heavy (non-hydrogen) atoms. The first-order valence-electron chi connectivity index (χ1n) is 10.2. The van der Waals surface area contributed by atoms with Gasteiger partial charge in [0.25, 0.3) is 0 Å². The third-order valence-corrected chi connectivity index (χ3v) is 7.42. The van der Waals surface area contributed by atoms with Crippen molar-refractivity contribution in [1.29, 1.82) is 0 Å². The molecular formula is C20H35IN4O2S2. The van der Waals surface area contributed by atoms with Gasteiger partial charge in [-0.15, -0.1) is 24.0 Å². The van der Waals surface area contributed by atoms with E-state index in [4.69, 9.17) is 0 Å². The van der Waals surface area contributed by atoms with Crippen molar-refractivity contribution in [3.63, 3.8) is 0 Å². The van der Waals surface area contributed by atoms with E-state index in [1.807, 2.05) is 30.8 Å². The molecule has 9 heteroatoms. The molecule has 0 spiro atoms. The van der Waals surface area contributed by atoms with Crippen molar-refractivity contribution in [2.24, 2.45) is 4.99 Å². The zero-order chi connectivity index (χ0) is 20.2. The maximum absolute atomic E-state index is 13.1. The summed E-state index contributed by atoms with van der Waals surface area (Å²) in [6.07, 6.45) is 7.35. The normalized spacial score (nSPS) is 15.6. The first kappa shape index (κ1) is 26.5. The molecule has 0 unspecified atom stereocenters. The molecule has 1 saturated heterocycles. The third-order valence-electron chi connectivity index (χ3n) is 4.72. The van der Waals surface area contributed by atoms with Crippen molar-refractivity contribution >= 4 is 51.7 Å². The van der Waals surface area contributed by atoms with Gasteiger partial charge in [0, 0.05) is 26.2 Å². The number of nitrogens with one attached hydrogen (secondary N) is 2. The van der Waals surface area contributed by atoms with Gasteiger partial charge in [-0.3, -0.25) is 0 Å². The summed E-state index contributed by atoms with van der Waals surface area (Å²) in [4.78, 5) is 5.01. The molecule has 2 N–H and O–H groups in total. The molecular weight excluding hydrogens is 519 g/mol. The summed E-state index contributed by atoms with van der Waals surface area (Å²) in [7, 11) is -3.46. The Hall–Kier alpha value is -0.520. The Morgan fingerprint density at radius 1 is 1.14 bits per heavy atom. The number of hydrogen-bond donors (Lipinski definition) is 2. The molecule has 0 atom stereocenters. The standard InChI is InChI=1S/C20H34N4O2S2.HI/c1-3-21-20(22-13-7-10-16-27-2)23-17-18-11-5-6-12-19(18)28(25,26)24-14-8-4-9-15-24;/h5-6,11-12H,3-4,7-10,13-17H2,1-2H3,(H2,21,22,23);1H. The minimum atomic E-state index is -3.46. The van der Waals surface area contributed by atoms with E-state index in [-0.39, 0.29) is 24.0 Å². The topological polar surface area (TPSA) is 73.8 Å². The zero-order valence-corrected chi connectivity index (χ0v) is 21.5. The summed E-state index contributed by atoms with van der Waals surface area (Å²) in [5.74, 6) is 1.90. The summed E-state index contributed by atoms with van der Waals surface area (Å²) < 4.78 is 27.8. The van der Waals surface area contributed by atoms with Crippen LogP contribution in [0.5, 0.6) is 0 Å². The fraction of sp³-hybridized carbons (Fsp3) is 0.650. The fourth-order valence-corrected chi connectivity index (χ4v) is 5.44. The number of unbranched alkanes of at least 4 members (excludes halogenated alkanes) is 1. The largest absolute Gasteiger partial charge is 0.357 e. The van der Waals surface area contributed by atoms with Crippen LogP contribution in [-0.4, -0.2) is 56.9 Å². The Kier molecular flexibility index (Phi) is 13.2. The van der Waals surface area contributed by atoms with Gasteiger partial charge in [0.15, 0.2) is 5.96 Å². The van der Waals surface area contributed by atoms with Crippen molar-refractivity contribution in [3.8, 4) is 0 Å². The Bertz CT molecular complexity index is 723. The van der Waals surface area contributed by atoms with Gasteiger partial charge < -0.3 is 10.6 Å². The first-order chi connectivity index (χ1) is 13.6. The summed E-state index contributed by atoms with van der Waals surface area (Å²) in [5, 5.41) is 6.58. The minimum absolute atomic E-state index is 0. The number of nitrogens with zero attached hydrogens (tertiary/aromatic N) is 2. The SMILES string of the molecule is CCNC(=NCc1ccccc1S(=O)(=O)N1CCCCC1)NCCCCSC.I. The lowest BCUT2D eigenvalue weighted by Crippen LogP contribution is -2.38. The molecule has 1 aromatic carbocycles. The number of halogens is 1. The lowest BCUT2D eigenvalue weighted by molar-refractivity contribution is 0.346. The second-order valence-corrected chi connectivity index (χ2v) is 9.79. The van der Waals surface area contributed by atoms with E-state index in [2.05, 4.69) is 21.9 Å². The van der Waals surface area contributed by atoms with Gasteiger partial charge in [0.1, 0.15) is 0 Å². The Morgan fingerprint density at radius 2 is 1.86 bits per heavy atom. The van der Waals surface area contributed by atoms with Gasteiger partial charge in [-0.2, -0.15) is 16.1 Å². The smallest absolute Gasteiger partial charge is 0.243 e. The minimum Gasteiger partial charge on any atom is -0.357 e. The number of piperidine rings is 1. The number of thioether (sulfide) groups is 1. The van der Waals surface area contributed by atoms with Crippen LogP contribution in [0, 0.1) is 0 Å². The average Bonchev–Trinajstić information content (AvgIpc) is 2.72. The van der Waals surface area contributed by atoms with Gasteiger partial charge in [-0.05, 0) is 56.2 Å². The van der Waals surface area contributed by atoms with Crippen LogP contribution in [0.25, 0.3) is 0 Å². The van der Waals surface area contributed by atoms with E-state index in [1.54, 1.807) is 16.4 Å². The predicted molar refractivity (Wildman–Crippen MR) is 135 cm³/mol. The van der Waals surface area contributed by atoms with Gasteiger partial charge in [0.05, 0.1) is 11.4 Å². The van der Waals surface area contributed by atoms with Crippen molar-refractivity contribution in [2.45, 2.75) is 50.5 Å². The molecule has 1 fully saturated rings. The highest BCUT2D eigenvalue weighted by Crippen LogP contribution is 2.24. The molecule has 0 radical (unpaired) electrons. The molecule has 166 valence electrons. The van der Waals surface area contributed by atoms with Crippen LogP contribution in [0.2, 0.25) is 0 Å². The summed E-state index contributed by atoms with van der Waals surface area (Å²) in [6, 6.07) is 7.24. The van der Waals surface area contributed by atoms with E-state index in [1.165, 1.54) is 6.42 Å². The van der Waals surface area contributed by atoms with Crippen LogP contribution in [-0.2, 0) is 16.6 Å². The molecule has 2 rings (SSSR count). The molecule has 6 nitrogen and oxygen atoms in total. The number of aliphatic imine (C=N–C) groups is 1. The summed E-state index contributed by atoms with van der Waals surface area (Å²) >= 11 is 1.86. The Balaban J connectivity index is 0.00000420. The molecule has 1 aromatic rings. The number of hydrogen-bond acceptors (Lipinski definition) is 4. The van der Waals surface area contributed by atoms with Crippen LogP contribution in [0.15, 0.2) is 34.2 Å². The van der Waals surface area contributed by atoms with Crippen molar-refractivity contribution in [3.05, 3.63) is 29.8 Å². The maximum Gasteiger partial charge on any atom is 0.243 e. The number of benzene rings is 1. The second-order valence-electron chi connectivity index (χ2n) is 6.89. The Morgan fingerprint density at radius 3 is 2.55 bits per heavy atom. The van der Waals surface area contributed by atoms with E-state index < -0.39 is 10.0 Å². The molecule has 0 saturated carbocycles. The van der Waals surface area contributed by atoms with Gasteiger partial charge >= 0.3 is 0 Å². The second kappa shape index (κ2) is 14.5. The Labute approximate surface area is 197 Å².